The van der Waals surface area contributed by atoms with Gasteiger partial charge in [-0.05, 0) is 28.8 Å². The minimum atomic E-state index is -3.77. The normalized spacial score (nSPS) is 12.1. The molecule has 37 heavy (non-hydrogen) atoms. The Bertz CT molecular complexity index is 1300. The van der Waals surface area contributed by atoms with Crippen LogP contribution in [-0.2, 0) is 32.7 Å². The average Bonchev–Trinajstić information content (AvgIpc) is 2.88. The zero-order chi connectivity index (χ0) is 26.8. The molecule has 1 N–H and O–H groups in total. The molecule has 2 amide bonds. The van der Waals surface area contributed by atoms with E-state index in [1.54, 1.807) is 54.6 Å². The van der Waals surface area contributed by atoms with Crippen LogP contribution in [0.5, 0.6) is 0 Å². The first-order chi connectivity index (χ1) is 17.7. The Kier molecular flexibility index (Phi) is 9.71. The monoisotopic (exact) mass is 523 g/mol. The zero-order valence-electron chi connectivity index (χ0n) is 20.6. The number of hydrogen-bond acceptors (Lipinski definition) is 4. The summed E-state index contributed by atoms with van der Waals surface area (Å²) in [6.07, 6.45) is 2.57. The van der Waals surface area contributed by atoms with Crippen molar-refractivity contribution in [1.82, 2.24) is 14.5 Å². The molecule has 3 rings (SSSR count). The lowest BCUT2D eigenvalue weighted by atomic mass is 10.0. The van der Waals surface area contributed by atoms with Crippen LogP contribution in [0.1, 0.15) is 22.7 Å². The van der Waals surface area contributed by atoms with Gasteiger partial charge in [-0.25, -0.2) is 12.8 Å². The van der Waals surface area contributed by atoms with Gasteiger partial charge in [0.15, 0.2) is 0 Å². The van der Waals surface area contributed by atoms with Crippen LogP contribution in [0.3, 0.4) is 0 Å². The second-order valence-corrected chi connectivity index (χ2v) is 10.5. The van der Waals surface area contributed by atoms with Crippen molar-refractivity contribution >= 4 is 21.8 Å². The van der Waals surface area contributed by atoms with Gasteiger partial charge in [-0.3, -0.25) is 9.59 Å². The number of halogens is 1. The summed E-state index contributed by atoms with van der Waals surface area (Å²) in [5.74, 6) is -1.46. The summed E-state index contributed by atoms with van der Waals surface area (Å²) in [6, 6.07) is 22.2. The molecule has 0 saturated heterocycles. The highest BCUT2D eigenvalue weighted by Gasteiger charge is 2.33. The van der Waals surface area contributed by atoms with Crippen LogP contribution in [0.25, 0.3) is 0 Å². The molecule has 7 nitrogen and oxygen atoms in total. The minimum absolute atomic E-state index is 0.00549. The third-order valence-corrected chi connectivity index (χ3v) is 6.86. The lowest BCUT2D eigenvalue weighted by Gasteiger charge is -2.33. The molecule has 194 valence electrons. The standard InChI is InChI=1S/C28H30FN3O4S/c1-3-18-30-28(34)27(24-12-8-5-9-13-24)32(20-23-14-16-25(29)17-15-23)26(33)21-31(37(2,35)36)19-22-10-6-4-7-11-22/h3-17,27H,1,18-21H2,2H3,(H,30,34)/t27-/m0/s1. The van der Waals surface area contributed by atoms with E-state index in [1.807, 2.05) is 6.07 Å². The third kappa shape index (κ3) is 8.09. The molecule has 0 radical (unpaired) electrons. The predicted octanol–water partition coefficient (Wildman–Crippen LogP) is 3.66. The van der Waals surface area contributed by atoms with Gasteiger partial charge in [0.1, 0.15) is 11.9 Å². The molecule has 0 saturated carbocycles. The summed E-state index contributed by atoms with van der Waals surface area (Å²) < 4.78 is 39.9. The van der Waals surface area contributed by atoms with E-state index in [2.05, 4.69) is 11.9 Å². The highest BCUT2D eigenvalue weighted by atomic mass is 32.2. The van der Waals surface area contributed by atoms with E-state index < -0.39 is 40.2 Å². The van der Waals surface area contributed by atoms with Gasteiger partial charge in [-0.1, -0.05) is 78.9 Å². The molecule has 1 atom stereocenters. The lowest BCUT2D eigenvalue weighted by molar-refractivity contribution is -0.141. The smallest absolute Gasteiger partial charge is 0.247 e. The van der Waals surface area contributed by atoms with Crippen molar-refractivity contribution in [3.8, 4) is 0 Å². The van der Waals surface area contributed by atoms with E-state index in [-0.39, 0.29) is 19.6 Å². The maximum atomic E-state index is 13.8. The van der Waals surface area contributed by atoms with Crippen LogP contribution in [0.2, 0.25) is 0 Å². The number of amides is 2. The number of sulfonamides is 1. The first-order valence-electron chi connectivity index (χ1n) is 11.7. The molecule has 0 heterocycles. The molecule has 9 heteroatoms. The largest absolute Gasteiger partial charge is 0.351 e. The van der Waals surface area contributed by atoms with Gasteiger partial charge in [0.25, 0.3) is 0 Å². The maximum absolute atomic E-state index is 13.8. The predicted molar refractivity (Wildman–Crippen MR) is 141 cm³/mol. The molecular formula is C28H30FN3O4S. The van der Waals surface area contributed by atoms with Crippen molar-refractivity contribution in [3.05, 3.63) is 120 Å². The van der Waals surface area contributed by atoms with Crippen molar-refractivity contribution in [3.63, 3.8) is 0 Å². The summed E-state index contributed by atoms with van der Waals surface area (Å²) >= 11 is 0. The van der Waals surface area contributed by atoms with E-state index in [4.69, 9.17) is 0 Å². The van der Waals surface area contributed by atoms with E-state index in [0.29, 0.717) is 16.7 Å². The molecule has 3 aromatic rings. The summed E-state index contributed by atoms with van der Waals surface area (Å²) in [7, 11) is -3.77. The number of benzene rings is 3. The summed E-state index contributed by atoms with van der Waals surface area (Å²) in [6.45, 7) is 3.28. The van der Waals surface area contributed by atoms with E-state index in [9.17, 15) is 22.4 Å². The number of carbonyl (C=O) groups excluding carboxylic acids is 2. The van der Waals surface area contributed by atoms with Crippen molar-refractivity contribution in [2.24, 2.45) is 0 Å². The summed E-state index contributed by atoms with van der Waals surface area (Å²) in [5, 5.41) is 2.74. The Labute approximate surface area is 217 Å². The molecule has 0 aliphatic rings. The number of rotatable bonds is 12. The average molecular weight is 524 g/mol. The highest BCUT2D eigenvalue weighted by Crippen LogP contribution is 2.25. The molecular weight excluding hydrogens is 493 g/mol. The van der Waals surface area contributed by atoms with E-state index in [1.165, 1.54) is 35.2 Å². The van der Waals surface area contributed by atoms with Gasteiger partial charge in [0.05, 0.1) is 12.8 Å². The molecule has 0 fully saturated rings. The first kappa shape index (κ1) is 27.8. The van der Waals surface area contributed by atoms with Gasteiger partial charge in [0, 0.05) is 19.6 Å². The topological polar surface area (TPSA) is 86.8 Å². The van der Waals surface area contributed by atoms with Crippen LogP contribution in [0, 0.1) is 5.82 Å². The molecule has 0 bridgehead atoms. The van der Waals surface area contributed by atoms with Crippen LogP contribution in [0.15, 0.2) is 97.6 Å². The minimum Gasteiger partial charge on any atom is -0.351 e. The van der Waals surface area contributed by atoms with Crippen molar-refractivity contribution in [1.29, 1.82) is 0 Å². The summed E-state index contributed by atoms with van der Waals surface area (Å²) in [4.78, 5) is 28.4. The van der Waals surface area contributed by atoms with Gasteiger partial charge in [-0.15, -0.1) is 6.58 Å². The van der Waals surface area contributed by atoms with Crippen LogP contribution >= 0.6 is 0 Å². The Balaban J connectivity index is 2.01. The van der Waals surface area contributed by atoms with Gasteiger partial charge >= 0.3 is 0 Å². The van der Waals surface area contributed by atoms with Crippen molar-refractivity contribution in [2.75, 3.05) is 19.3 Å². The molecule has 0 aliphatic heterocycles. The lowest BCUT2D eigenvalue weighted by Crippen LogP contribution is -2.47. The Morgan fingerprint density at radius 1 is 0.919 bits per heavy atom. The fraction of sp³-hybridized carbons (Fsp3) is 0.214. The maximum Gasteiger partial charge on any atom is 0.247 e. The number of nitrogens with one attached hydrogen (secondary N) is 1. The second kappa shape index (κ2) is 12.9. The fourth-order valence-electron chi connectivity index (χ4n) is 3.81. The van der Waals surface area contributed by atoms with Crippen LogP contribution in [0.4, 0.5) is 4.39 Å². The third-order valence-electron chi connectivity index (χ3n) is 5.66. The van der Waals surface area contributed by atoms with Crippen molar-refractivity contribution < 1.29 is 22.4 Å². The SMILES string of the molecule is C=CCNC(=O)[C@H](c1ccccc1)N(Cc1ccc(F)cc1)C(=O)CN(Cc1ccccc1)S(C)(=O)=O. The Morgan fingerprint density at radius 2 is 1.49 bits per heavy atom. The van der Waals surface area contributed by atoms with Gasteiger partial charge < -0.3 is 10.2 Å². The van der Waals surface area contributed by atoms with Crippen LogP contribution in [-0.4, -0.2) is 48.8 Å². The van der Waals surface area contributed by atoms with Crippen molar-refractivity contribution in [2.45, 2.75) is 19.1 Å². The molecule has 0 spiro atoms. The molecule has 0 aromatic heterocycles. The number of carbonyl (C=O) groups is 2. The Hall–Kier alpha value is -3.82. The molecule has 0 unspecified atom stereocenters. The van der Waals surface area contributed by atoms with E-state index in [0.717, 1.165) is 10.6 Å². The molecule has 3 aromatic carbocycles. The summed E-state index contributed by atoms with van der Waals surface area (Å²) in [5.41, 5.74) is 1.85. The molecule has 0 aliphatic carbocycles. The zero-order valence-corrected chi connectivity index (χ0v) is 21.4. The fourth-order valence-corrected chi connectivity index (χ4v) is 4.54. The van der Waals surface area contributed by atoms with E-state index >= 15 is 0 Å². The second-order valence-electron chi connectivity index (χ2n) is 8.51. The highest BCUT2D eigenvalue weighted by molar-refractivity contribution is 7.88. The quantitative estimate of drug-likeness (QED) is 0.367. The van der Waals surface area contributed by atoms with Gasteiger partial charge in [0.2, 0.25) is 21.8 Å². The Morgan fingerprint density at radius 3 is 2.05 bits per heavy atom. The number of nitrogens with zero attached hydrogens (tertiary/aromatic N) is 2. The van der Waals surface area contributed by atoms with Gasteiger partial charge in [-0.2, -0.15) is 4.31 Å². The first-order valence-corrected chi connectivity index (χ1v) is 13.5. The number of hydrogen-bond donors (Lipinski definition) is 1. The van der Waals surface area contributed by atoms with Crippen LogP contribution < -0.4 is 5.32 Å².